The molecule has 10 nitrogen and oxygen atoms in total. The van der Waals surface area contributed by atoms with Crippen LogP contribution in [0.5, 0.6) is 0 Å². The first kappa shape index (κ1) is 23.6. The van der Waals surface area contributed by atoms with E-state index < -0.39 is 11.8 Å². The van der Waals surface area contributed by atoms with Gasteiger partial charge in [0.2, 0.25) is 0 Å². The van der Waals surface area contributed by atoms with Crippen molar-refractivity contribution in [3.63, 3.8) is 0 Å². The smallest absolute Gasteiger partial charge is 0.292 e. The lowest BCUT2D eigenvalue weighted by Crippen LogP contribution is -2.27. The molecule has 0 saturated heterocycles. The molecule has 3 heterocycles. The van der Waals surface area contributed by atoms with Crippen LogP contribution in [0.4, 0.5) is 0 Å². The molecular weight excluding hydrogens is 512 g/mol. The summed E-state index contributed by atoms with van der Waals surface area (Å²) < 4.78 is 2.48. The Labute approximate surface area is 209 Å². The van der Waals surface area contributed by atoms with Crippen LogP contribution < -0.4 is 10.9 Å². The van der Waals surface area contributed by atoms with Crippen LogP contribution in [0.25, 0.3) is 0 Å². The number of imidazole rings is 1. The van der Waals surface area contributed by atoms with Crippen LogP contribution in [0.15, 0.2) is 94.3 Å². The molecule has 0 aliphatic rings. The molecule has 0 radical (unpaired) electrons. The van der Waals surface area contributed by atoms with E-state index in [1.165, 1.54) is 18.8 Å². The zero-order valence-corrected chi connectivity index (χ0v) is 19.8. The summed E-state index contributed by atoms with van der Waals surface area (Å²) in [4.78, 5) is 37.9. The predicted octanol–water partition coefficient (Wildman–Crippen LogP) is 3.01. The summed E-state index contributed by atoms with van der Waals surface area (Å²) in [5.41, 5.74) is 7.27. The van der Waals surface area contributed by atoms with E-state index in [2.05, 4.69) is 51.9 Å². The highest BCUT2D eigenvalue weighted by Crippen LogP contribution is 2.15. The van der Waals surface area contributed by atoms with Gasteiger partial charge in [-0.2, -0.15) is 10.2 Å². The average Bonchev–Trinajstić information content (AvgIpc) is 3.29. The molecule has 0 saturated carbocycles. The summed E-state index contributed by atoms with van der Waals surface area (Å²) in [5.74, 6) is -1.22. The van der Waals surface area contributed by atoms with Gasteiger partial charge in [-0.15, -0.1) is 0 Å². The fourth-order valence-corrected chi connectivity index (χ4v) is 3.52. The average molecular weight is 531 g/mol. The van der Waals surface area contributed by atoms with Crippen molar-refractivity contribution in [1.82, 2.24) is 30.4 Å². The van der Waals surface area contributed by atoms with Crippen molar-refractivity contribution in [2.75, 3.05) is 0 Å². The Hall–Kier alpha value is -4.51. The second-order valence-electron chi connectivity index (χ2n) is 7.16. The van der Waals surface area contributed by atoms with Gasteiger partial charge in [-0.25, -0.2) is 15.8 Å². The van der Waals surface area contributed by atoms with E-state index in [1.807, 2.05) is 24.3 Å². The molecule has 4 rings (SSSR count). The predicted molar refractivity (Wildman–Crippen MR) is 134 cm³/mol. The molecule has 2 amide bonds. The lowest BCUT2D eigenvalue weighted by molar-refractivity contribution is 0.0912. The summed E-state index contributed by atoms with van der Waals surface area (Å²) >= 11 is 3.44. The lowest BCUT2D eigenvalue weighted by Gasteiger charge is -2.09. The van der Waals surface area contributed by atoms with Gasteiger partial charge in [-0.3, -0.25) is 19.6 Å². The molecule has 0 aliphatic heterocycles. The van der Waals surface area contributed by atoms with Crippen molar-refractivity contribution in [1.29, 1.82) is 0 Å². The van der Waals surface area contributed by atoms with Gasteiger partial charge in [-0.05, 0) is 53.1 Å². The molecule has 1 aromatic carbocycles. The van der Waals surface area contributed by atoms with Gasteiger partial charge in [0.1, 0.15) is 5.69 Å². The zero-order chi connectivity index (χ0) is 24.5. The standard InChI is InChI=1S/C24H19BrN8O2/c25-20-3-1-2-19(12-20)15-33-16-28-21(23(34)31-29-13-17-4-8-26-9-5-17)22(33)24(35)32-30-14-18-6-10-27-11-7-18/h1-14,16H,15H2,(H,31,34)(H,32,35)/b29-13+,30-14+. The van der Waals surface area contributed by atoms with E-state index in [1.54, 1.807) is 53.6 Å². The van der Waals surface area contributed by atoms with E-state index in [9.17, 15) is 9.59 Å². The number of pyridine rings is 2. The van der Waals surface area contributed by atoms with E-state index >= 15 is 0 Å². The molecule has 0 aliphatic carbocycles. The van der Waals surface area contributed by atoms with Gasteiger partial charge >= 0.3 is 0 Å². The zero-order valence-electron chi connectivity index (χ0n) is 18.2. The number of hydrogen-bond acceptors (Lipinski definition) is 7. The summed E-state index contributed by atoms with van der Waals surface area (Å²) in [7, 11) is 0. The molecule has 3 aromatic heterocycles. The number of aromatic nitrogens is 4. The quantitative estimate of drug-likeness (QED) is 0.267. The van der Waals surface area contributed by atoms with Crippen molar-refractivity contribution in [2.24, 2.45) is 10.2 Å². The first-order chi connectivity index (χ1) is 17.1. The molecule has 35 heavy (non-hydrogen) atoms. The first-order valence-corrected chi connectivity index (χ1v) is 11.2. The third-order valence-corrected chi connectivity index (χ3v) is 5.17. The van der Waals surface area contributed by atoms with Crippen LogP contribution in [-0.4, -0.2) is 43.8 Å². The summed E-state index contributed by atoms with van der Waals surface area (Å²) in [6.07, 6.45) is 10.8. The van der Waals surface area contributed by atoms with Gasteiger partial charge in [0.15, 0.2) is 5.69 Å². The van der Waals surface area contributed by atoms with Crippen molar-refractivity contribution in [3.05, 3.63) is 112 Å². The normalized spacial score (nSPS) is 11.1. The van der Waals surface area contributed by atoms with Crippen molar-refractivity contribution >= 4 is 40.2 Å². The van der Waals surface area contributed by atoms with Crippen molar-refractivity contribution < 1.29 is 9.59 Å². The molecule has 0 spiro atoms. The van der Waals surface area contributed by atoms with Crippen LogP contribution in [0.1, 0.15) is 37.7 Å². The van der Waals surface area contributed by atoms with Gasteiger partial charge in [0, 0.05) is 35.8 Å². The fourth-order valence-electron chi connectivity index (χ4n) is 3.07. The van der Waals surface area contributed by atoms with E-state index in [0.29, 0.717) is 6.54 Å². The number of nitrogens with zero attached hydrogens (tertiary/aromatic N) is 6. The largest absolute Gasteiger partial charge is 0.321 e. The van der Waals surface area contributed by atoms with Crippen LogP contribution in [0, 0.1) is 0 Å². The van der Waals surface area contributed by atoms with Crippen LogP contribution in [0.2, 0.25) is 0 Å². The highest BCUT2D eigenvalue weighted by molar-refractivity contribution is 9.10. The number of halogens is 1. The SMILES string of the molecule is O=C(N/N=C/c1ccncc1)c1ncn(Cc2cccc(Br)c2)c1C(=O)N/N=C/c1ccncc1. The van der Waals surface area contributed by atoms with Crippen molar-refractivity contribution in [3.8, 4) is 0 Å². The number of carbonyl (C=O) groups is 2. The summed E-state index contributed by atoms with van der Waals surface area (Å²) in [5, 5.41) is 7.94. The lowest BCUT2D eigenvalue weighted by atomic mass is 10.2. The van der Waals surface area contributed by atoms with E-state index in [0.717, 1.165) is 21.2 Å². The highest BCUT2D eigenvalue weighted by Gasteiger charge is 2.24. The molecule has 0 atom stereocenters. The Kier molecular flexibility index (Phi) is 7.81. The molecule has 4 aromatic rings. The number of nitrogens with one attached hydrogen (secondary N) is 2. The van der Waals surface area contributed by atoms with Crippen molar-refractivity contribution in [2.45, 2.75) is 6.54 Å². The number of hydrogen-bond donors (Lipinski definition) is 2. The minimum Gasteiger partial charge on any atom is -0.321 e. The summed E-state index contributed by atoms with van der Waals surface area (Å²) in [6.45, 7) is 0.316. The Morgan fingerprint density at radius 1 is 0.886 bits per heavy atom. The summed E-state index contributed by atoms with van der Waals surface area (Å²) in [6, 6.07) is 14.6. The molecule has 0 unspecified atom stereocenters. The second-order valence-corrected chi connectivity index (χ2v) is 8.07. The van der Waals surface area contributed by atoms with Gasteiger partial charge in [-0.1, -0.05) is 28.1 Å². The molecule has 0 fully saturated rings. The number of rotatable bonds is 8. The second kappa shape index (κ2) is 11.6. The molecule has 11 heteroatoms. The maximum absolute atomic E-state index is 13.1. The maximum atomic E-state index is 13.1. The Morgan fingerprint density at radius 3 is 2.09 bits per heavy atom. The Bertz CT molecular complexity index is 1370. The Morgan fingerprint density at radius 2 is 1.49 bits per heavy atom. The Balaban J connectivity index is 1.57. The topological polar surface area (TPSA) is 127 Å². The van der Waals surface area contributed by atoms with Crippen LogP contribution in [0.3, 0.4) is 0 Å². The fraction of sp³-hybridized carbons (Fsp3) is 0.0417. The number of amides is 2. The third-order valence-electron chi connectivity index (χ3n) is 4.68. The van der Waals surface area contributed by atoms with Gasteiger partial charge in [0.05, 0.1) is 18.8 Å². The van der Waals surface area contributed by atoms with Crippen LogP contribution >= 0.6 is 15.9 Å². The first-order valence-electron chi connectivity index (χ1n) is 10.4. The minimum absolute atomic E-state index is 0.0495. The molecule has 0 bridgehead atoms. The molecule has 2 N–H and O–H groups in total. The minimum atomic E-state index is -0.633. The molecular formula is C24H19BrN8O2. The monoisotopic (exact) mass is 530 g/mol. The van der Waals surface area contributed by atoms with Gasteiger partial charge in [0.25, 0.3) is 11.8 Å². The third kappa shape index (κ3) is 6.51. The number of hydrazone groups is 2. The number of carbonyl (C=O) groups excluding carboxylic acids is 2. The highest BCUT2D eigenvalue weighted by atomic mass is 79.9. The van der Waals surface area contributed by atoms with E-state index in [-0.39, 0.29) is 11.4 Å². The van der Waals surface area contributed by atoms with E-state index in [4.69, 9.17) is 0 Å². The van der Waals surface area contributed by atoms with Gasteiger partial charge < -0.3 is 4.57 Å². The number of benzene rings is 1. The molecule has 174 valence electrons. The maximum Gasteiger partial charge on any atom is 0.292 e. The van der Waals surface area contributed by atoms with Crippen LogP contribution in [-0.2, 0) is 6.54 Å².